The van der Waals surface area contributed by atoms with Crippen LogP contribution in [0.3, 0.4) is 0 Å². The van der Waals surface area contributed by atoms with Crippen LogP contribution < -0.4 is 11.1 Å². The van der Waals surface area contributed by atoms with Gasteiger partial charge in [-0.3, -0.25) is 14.9 Å². The minimum Gasteiger partial charge on any atom is -0.481 e. The molecule has 0 aliphatic heterocycles. The molecule has 1 aliphatic carbocycles. The van der Waals surface area contributed by atoms with Crippen LogP contribution in [0.15, 0.2) is 30.6 Å². The molecule has 4 N–H and O–H groups in total. The molecule has 33 heavy (non-hydrogen) atoms. The Bertz CT molecular complexity index is 1270. The Morgan fingerprint density at radius 1 is 1.33 bits per heavy atom. The molecular formula is C23H24N6O4. The van der Waals surface area contributed by atoms with Crippen LogP contribution in [-0.2, 0) is 4.79 Å². The lowest BCUT2D eigenvalue weighted by atomic mass is 9.95. The van der Waals surface area contributed by atoms with E-state index < -0.39 is 10.9 Å². The van der Waals surface area contributed by atoms with Crippen molar-refractivity contribution in [1.82, 2.24) is 9.55 Å². The van der Waals surface area contributed by atoms with Crippen molar-refractivity contribution in [3.8, 4) is 17.2 Å². The highest BCUT2D eigenvalue weighted by Gasteiger charge is 2.26. The highest BCUT2D eigenvalue weighted by molar-refractivity contribution is 5.92. The number of anilines is 2. The van der Waals surface area contributed by atoms with Crippen LogP contribution in [0.1, 0.15) is 50.1 Å². The van der Waals surface area contributed by atoms with Crippen LogP contribution in [0, 0.1) is 21.4 Å². The highest BCUT2D eigenvalue weighted by atomic mass is 16.6. The molecule has 0 bridgehead atoms. The molecule has 10 nitrogen and oxygen atoms in total. The molecule has 0 atom stereocenters. The van der Waals surface area contributed by atoms with Gasteiger partial charge in [-0.2, -0.15) is 5.26 Å². The molecule has 10 heteroatoms. The molecule has 4 rings (SSSR count). The van der Waals surface area contributed by atoms with Crippen LogP contribution in [0.25, 0.3) is 22.2 Å². The number of nitro groups is 1. The topological polar surface area (TPSA) is 160 Å². The average molecular weight is 448 g/mol. The summed E-state index contributed by atoms with van der Waals surface area (Å²) in [5.41, 5.74) is 8.06. The van der Waals surface area contributed by atoms with E-state index >= 15 is 0 Å². The van der Waals surface area contributed by atoms with E-state index in [9.17, 15) is 20.2 Å². The van der Waals surface area contributed by atoms with E-state index in [1.807, 2.05) is 18.5 Å². The number of nitriles is 1. The van der Waals surface area contributed by atoms with Crippen molar-refractivity contribution in [3.63, 3.8) is 0 Å². The number of rotatable bonds is 7. The smallest absolute Gasteiger partial charge is 0.305 e. The average Bonchev–Trinajstić information content (AvgIpc) is 3.22. The number of imidazole rings is 1. The summed E-state index contributed by atoms with van der Waals surface area (Å²) >= 11 is 0. The van der Waals surface area contributed by atoms with E-state index in [1.165, 1.54) is 25.3 Å². The Morgan fingerprint density at radius 3 is 2.76 bits per heavy atom. The minimum atomic E-state index is -1.00. The van der Waals surface area contributed by atoms with Crippen LogP contribution >= 0.6 is 0 Å². The van der Waals surface area contributed by atoms with Crippen molar-refractivity contribution in [2.45, 2.75) is 44.6 Å². The first-order chi connectivity index (χ1) is 15.9. The fraction of sp³-hybridized carbons (Fsp3) is 0.348. The fourth-order valence-corrected chi connectivity index (χ4v) is 4.52. The molecule has 1 aliphatic rings. The Morgan fingerprint density at radius 2 is 2.09 bits per heavy atom. The van der Waals surface area contributed by atoms with Gasteiger partial charge in [-0.15, -0.1) is 0 Å². The first kappa shape index (κ1) is 22.1. The number of nitro benzene ring substituents is 1. The molecule has 1 fully saturated rings. The van der Waals surface area contributed by atoms with Gasteiger partial charge in [0.25, 0.3) is 0 Å². The number of benzene rings is 2. The fourth-order valence-electron chi connectivity index (χ4n) is 4.52. The summed E-state index contributed by atoms with van der Waals surface area (Å²) in [5, 5.41) is 33.2. The van der Waals surface area contributed by atoms with Gasteiger partial charge in [0.1, 0.15) is 17.3 Å². The Kier molecular flexibility index (Phi) is 6.13. The maximum atomic E-state index is 11.9. The second-order valence-electron chi connectivity index (χ2n) is 8.20. The Balaban J connectivity index is 1.79. The minimum absolute atomic E-state index is 0.0472. The van der Waals surface area contributed by atoms with Gasteiger partial charge in [0, 0.05) is 12.6 Å². The second kappa shape index (κ2) is 9.16. The van der Waals surface area contributed by atoms with Crippen molar-refractivity contribution in [2.24, 2.45) is 0 Å². The molecule has 2 aromatic carbocycles. The molecule has 0 saturated heterocycles. The van der Waals surface area contributed by atoms with E-state index in [2.05, 4.69) is 14.9 Å². The predicted molar refractivity (Wildman–Crippen MR) is 124 cm³/mol. The second-order valence-corrected chi connectivity index (χ2v) is 8.20. The number of nitrogens with two attached hydrogens (primary N) is 1. The van der Waals surface area contributed by atoms with E-state index in [0.29, 0.717) is 11.6 Å². The molecule has 0 spiro atoms. The van der Waals surface area contributed by atoms with Gasteiger partial charge in [-0.25, -0.2) is 4.98 Å². The van der Waals surface area contributed by atoms with Crippen molar-refractivity contribution in [1.29, 1.82) is 5.26 Å². The van der Waals surface area contributed by atoms with E-state index in [4.69, 9.17) is 10.8 Å². The van der Waals surface area contributed by atoms with Crippen LogP contribution in [0.4, 0.5) is 17.1 Å². The summed E-state index contributed by atoms with van der Waals surface area (Å²) in [5.74, 6) is -1.00. The number of aromatic nitrogens is 2. The van der Waals surface area contributed by atoms with Crippen molar-refractivity contribution < 1.29 is 14.8 Å². The Labute approximate surface area is 189 Å². The van der Waals surface area contributed by atoms with Gasteiger partial charge >= 0.3 is 11.7 Å². The first-order valence-electron chi connectivity index (χ1n) is 10.8. The number of nitrogen functional groups attached to an aromatic ring is 1. The van der Waals surface area contributed by atoms with Gasteiger partial charge < -0.3 is 20.7 Å². The number of nitrogens with one attached hydrogen (secondary N) is 1. The quantitative estimate of drug-likeness (QED) is 0.271. The zero-order valence-electron chi connectivity index (χ0n) is 18.0. The zero-order valence-corrected chi connectivity index (χ0v) is 18.0. The maximum absolute atomic E-state index is 11.9. The third kappa shape index (κ3) is 4.30. The molecule has 0 amide bonds. The molecule has 1 saturated carbocycles. The van der Waals surface area contributed by atoms with E-state index in [1.54, 1.807) is 12.1 Å². The van der Waals surface area contributed by atoms with Crippen LogP contribution in [-0.4, -0.2) is 32.1 Å². The summed E-state index contributed by atoms with van der Waals surface area (Å²) in [7, 11) is 0. The molecular weight excluding hydrogens is 424 g/mol. The van der Waals surface area contributed by atoms with Crippen LogP contribution in [0.5, 0.6) is 0 Å². The SMILES string of the molecule is N#Cc1c(NCCC(=O)O)cc(-c2ccc3c(c2)ncn3C2CCCCC2)c([N+](=O)[O-])c1N. The lowest BCUT2D eigenvalue weighted by Gasteiger charge is -2.23. The molecule has 3 aromatic rings. The predicted octanol–water partition coefficient (Wildman–Crippen LogP) is 4.46. The third-order valence-corrected chi connectivity index (χ3v) is 6.14. The van der Waals surface area contributed by atoms with Gasteiger partial charge in [0.2, 0.25) is 0 Å². The lowest BCUT2D eigenvalue weighted by Crippen LogP contribution is -2.11. The first-order valence-corrected chi connectivity index (χ1v) is 10.8. The summed E-state index contributed by atoms with van der Waals surface area (Å²) in [4.78, 5) is 26.7. The van der Waals surface area contributed by atoms with Gasteiger partial charge in [-0.05, 0) is 36.6 Å². The number of carbonyl (C=O) groups is 1. The largest absolute Gasteiger partial charge is 0.481 e. The Hall–Kier alpha value is -4.13. The monoisotopic (exact) mass is 448 g/mol. The maximum Gasteiger partial charge on any atom is 0.305 e. The van der Waals surface area contributed by atoms with Gasteiger partial charge in [-0.1, -0.05) is 25.3 Å². The van der Waals surface area contributed by atoms with Gasteiger partial charge in [0.15, 0.2) is 0 Å². The normalized spacial score (nSPS) is 14.2. The number of carboxylic acid groups (broad SMARTS) is 1. The highest BCUT2D eigenvalue weighted by Crippen LogP contribution is 2.41. The zero-order chi connectivity index (χ0) is 23.5. The van der Waals surface area contributed by atoms with E-state index in [-0.39, 0.29) is 41.2 Å². The molecule has 170 valence electrons. The van der Waals surface area contributed by atoms with Gasteiger partial charge in [0.05, 0.1) is 40.0 Å². The molecule has 0 radical (unpaired) electrons. The standard InChI is InChI=1S/C23H24N6O4/c24-12-17-18(26-9-8-21(30)31)11-16(23(22(17)25)29(32)33)14-6-7-20-19(10-14)27-13-28(20)15-4-2-1-3-5-15/h6-7,10-11,13,15,26H,1-5,8-9,25H2,(H,30,31). The lowest BCUT2D eigenvalue weighted by molar-refractivity contribution is -0.383. The number of nitrogens with zero attached hydrogens (tertiary/aromatic N) is 4. The molecule has 1 heterocycles. The third-order valence-electron chi connectivity index (χ3n) is 6.14. The summed E-state index contributed by atoms with van der Waals surface area (Å²) in [6, 6.07) is 9.25. The number of hydrogen-bond acceptors (Lipinski definition) is 7. The number of aliphatic carboxylic acids is 1. The number of carboxylic acids is 1. The van der Waals surface area contributed by atoms with Crippen molar-refractivity contribution >= 4 is 34.1 Å². The van der Waals surface area contributed by atoms with Crippen molar-refractivity contribution in [2.75, 3.05) is 17.6 Å². The summed E-state index contributed by atoms with van der Waals surface area (Å²) < 4.78 is 2.18. The summed E-state index contributed by atoms with van der Waals surface area (Å²) in [6.07, 6.45) is 7.49. The van der Waals surface area contributed by atoms with E-state index in [0.717, 1.165) is 23.9 Å². The molecule has 0 unspecified atom stereocenters. The number of hydrogen-bond donors (Lipinski definition) is 3. The molecule has 1 aromatic heterocycles. The van der Waals surface area contributed by atoms with Crippen LogP contribution in [0.2, 0.25) is 0 Å². The van der Waals surface area contributed by atoms with Crippen molar-refractivity contribution in [3.05, 3.63) is 46.3 Å². The number of fused-ring (bicyclic) bond motifs is 1. The summed E-state index contributed by atoms with van der Waals surface area (Å²) in [6.45, 7) is 0.0472.